The van der Waals surface area contributed by atoms with Crippen LogP contribution >= 0.6 is 11.8 Å². The molecule has 1 saturated heterocycles. The lowest BCUT2D eigenvalue weighted by Crippen LogP contribution is -2.28. The molecule has 1 heterocycles. The van der Waals surface area contributed by atoms with Crippen LogP contribution in [0.15, 0.2) is 64.5 Å². The predicted molar refractivity (Wildman–Crippen MR) is 102 cm³/mol. The minimum Gasteiger partial charge on any atom is -0.466 e. The van der Waals surface area contributed by atoms with Gasteiger partial charge in [-0.3, -0.25) is 14.7 Å². The third kappa shape index (κ3) is 4.83. The molecule has 0 spiro atoms. The molecule has 28 heavy (non-hydrogen) atoms. The number of amidine groups is 1. The third-order valence-electron chi connectivity index (χ3n) is 3.90. The van der Waals surface area contributed by atoms with Crippen LogP contribution in [-0.2, 0) is 27.4 Å². The van der Waals surface area contributed by atoms with Gasteiger partial charge in [0.05, 0.1) is 25.1 Å². The zero-order valence-electron chi connectivity index (χ0n) is 14.9. The number of aliphatic imine (C=N–C) groups is 1. The van der Waals surface area contributed by atoms with E-state index in [-0.39, 0.29) is 29.6 Å². The van der Waals surface area contributed by atoms with E-state index < -0.39 is 11.9 Å². The number of carbonyl (C=O) groups excluding carboxylic acids is 2. The van der Waals surface area contributed by atoms with Gasteiger partial charge in [0.25, 0.3) is 5.91 Å². The number of benzene rings is 2. The second-order valence-electron chi connectivity index (χ2n) is 5.88. The smallest absolute Gasteiger partial charge is 0.331 e. The maximum Gasteiger partial charge on any atom is 0.331 e. The number of amides is 1. The molecule has 0 N–H and O–H groups in total. The summed E-state index contributed by atoms with van der Waals surface area (Å²) in [6, 6.07) is 11.7. The molecule has 0 aliphatic carbocycles. The normalized spacial score (nSPS) is 16.8. The van der Waals surface area contributed by atoms with Crippen LogP contribution in [0, 0.1) is 11.6 Å². The summed E-state index contributed by atoms with van der Waals surface area (Å²) in [5.74, 6) is -1.75. The molecule has 0 saturated carbocycles. The first-order valence-corrected chi connectivity index (χ1v) is 9.10. The maximum atomic E-state index is 13.1. The first-order chi connectivity index (χ1) is 13.5. The topological polar surface area (TPSA) is 59.0 Å². The molecule has 1 fully saturated rings. The zero-order chi connectivity index (χ0) is 20.1. The van der Waals surface area contributed by atoms with Crippen molar-refractivity contribution in [2.24, 2.45) is 4.99 Å². The summed E-state index contributed by atoms with van der Waals surface area (Å²) in [5.41, 5.74) is 1.48. The van der Waals surface area contributed by atoms with Crippen LogP contribution in [-0.4, -0.2) is 29.1 Å². The highest BCUT2D eigenvalue weighted by Gasteiger charge is 2.34. The SMILES string of the molecule is COC(=O)/C=C1/SC(=NCc2ccc(F)cc2)N(Cc2ccc(F)cc2)C1=O. The Morgan fingerprint density at radius 2 is 1.64 bits per heavy atom. The zero-order valence-corrected chi connectivity index (χ0v) is 15.7. The number of hydrogen-bond donors (Lipinski definition) is 0. The molecular weight excluding hydrogens is 386 g/mol. The number of nitrogens with zero attached hydrogens (tertiary/aromatic N) is 2. The molecule has 1 aliphatic rings. The maximum absolute atomic E-state index is 13.1. The van der Waals surface area contributed by atoms with Crippen LogP contribution in [0.25, 0.3) is 0 Å². The Labute approximate surface area is 164 Å². The molecule has 0 bridgehead atoms. The van der Waals surface area contributed by atoms with Crippen molar-refractivity contribution in [2.75, 3.05) is 7.11 Å². The number of methoxy groups -OCH3 is 1. The quantitative estimate of drug-likeness (QED) is 0.566. The number of ether oxygens (including phenoxy) is 1. The van der Waals surface area contributed by atoms with E-state index in [2.05, 4.69) is 9.73 Å². The Balaban J connectivity index is 1.86. The van der Waals surface area contributed by atoms with E-state index >= 15 is 0 Å². The van der Waals surface area contributed by atoms with Gasteiger partial charge in [0.1, 0.15) is 11.6 Å². The van der Waals surface area contributed by atoms with E-state index in [4.69, 9.17) is 0 Å². The number of hydrogen-bond acceptors (Lipinski definition) is 5. The van der Waals surface area contributed by atoms with Gasteiger partial charge in [-0.2, -0.15) is 0 Å². The van der Waals surface area contributed by atoms with Crippen LogP contribution in [0.2, 0.25) is 0 Å². The second-order valence-corrected chi connectivity index (χ2v) is 6.89. The summed E-state index contributed by atoms with van der Waals surface area (Å²) in [7, 11) is 1.23. The number of halogens is 2. The fourth-order valence-corrected chi connectivity index (χ4v) is 3.39. The molecule has 1 amide bonds. The van der Waals surface area contributed by atoms with Crippen molar-refractivity contribution < 1.29 is 23.1 Å². The minimum absolute atomic E-state index is 0.173. The van der Waals surface area contributed by atoms with E-state index in [1.165, 1.54) is 36.3 Å². The van der Waals surface area contributed by atoms with Crippen LogP contribution < -0.4 is 0 Å². The largest absolute Gasteiger partial charge is 0.466 e. The molecule has 2 aromatic carbocycles. The number of rotatable bonds is 5. The molecule has 8 heteroatoms. The molecule has 1 aliphatic heterocycles. The lowest BCUT2D eigenvalue weighted by atomic mass is 10.2. The first kappa shape index (κ1) is 19.8. The minimum atomic E-state index is -0.641. The van der Waals surface area contributed by atoms with E-state index in [9.17, 15) is 18.4 Å². The Kier molecular flexibility index (Phi) is 6.20. The molecular formula is C20H16F2N2O3S. The van der Waals surface area contributed by atoms with Crippen LogP contribution in [0.4, 0.5) is 8.78 Å². The number of carbonyl (C=O) groups is 2. The van der Waals surface area contributed by atoms with Gasteiger partial charge in [-0.05, 0) is 47.2 Å². The van der Waals surface area contributed by atoms with E-state index in [1.807, 2.05) is 0 Å². The molecule has 0 atom stereocenters. The fraction of sp³-hybridized carbons (Fsp3) is 0.150. The van der Waals surface area contributed by atoms with Gasteiger partial charge in [-0.25, -0.2) is 13.6 Å². The summed E-state index contributed by atoms with van der Waals surface area (Å²) in [6.45, 7) is 0.411. The number of thioether (sulfide) groups is 1. The summed E-state index contributed by atoms with van der Waals surface area (Å²) >= 11 is 1.05. The first-order valence-electron chi connectivity index (χ1n) is 8.29. The lowest BCUT2D eigenvalue weighted by molar-refractivity contribution is -0.135. The third-order valence-corrected chi connectivity index (χ3v) is 4.95. The van der Waals surface area contributed by atoms with Crippen molar-refractivity contribution in [3.8, 4) is 0 Å². The summed E-state index contributed by atoms with van der Waals surface area (Å²) < 4.78 is 30.8. The highest BCUT2D eigenvalue weighted by atomic mass is 32.2. The van der Waals surface area contributed by atoms with Crippen LogP contribution in [0.3, 0.4) is 0 Å². The standard InChI is InChI=1S/C20H16F2N2O3S/c1-27-18(25)10-17-19(26)24(12-14-4-8-16(22)9-5-14)20(28-17)23-11-13-2-6-15(21)7-3-13/h2-10H,11-12H2,1H3/b17-10+,23-20?. The van der Waals surface area contributed by atoms with Gasteiger partial charge in [0, 0.05) is 6.08 Å². The Hall–Kier alpha value is -3.00. The highest BCUT2D eigenvalue weighted by molar-refractivity contribution is 8.18. The number of esters is 1. The summed E-state index contributed by atoms with van der Waals surface area (Å²) in [4.78, 5) is 30.3. The van der Waals surface area contributed by atoms with Gasteiger partial charge in [-0.15, -0.1) is 0 Å². The molecule has 0 unspecified atom stereocenters. The van der Waals surface area contributed by atoms with E-state index in [0.717, 1.165) is 23.4 Å². The van der Waals surface area contributed by atoms with Crippen LogP contribution in [0.1, 0.15) is 11.1 Å². The lowest BCUT2D eigenvalue weighted by Gasteiger charge is -2.15. The van der Waals surface area contributed by atoms with E-state index in [0.29, 0.717) is 10.7 Å². The average Bonchev–Trinajstić information content (AvgIpc) is 2.98. The van der Waals surface area contributed by atoms with Crippen molar-refractivity contribution >= 4 is 28.8 Å². The van der Waals surface area contributed by atoms with Gasteiger partial charge in [-0.1, -0.05) is 24.3 Å². The molecule has 5 nitrogen and oxygen atoms in total. The van der Waals surface area contributed by atoms with Crippen molar-refractivity contribution in [3.05, 3.63) is 82.3 Å². The molecule has 3 rings (SSSR count). The Morgan fingerprint density at radius 1 is 1.07 bits per heavy atom. The molecule has 0 aromatic heterocycles. The molecule has 0 radical (unpaired) electrons. The van der Waals surface area contributed by atoms with Gasteiger partial charge in [0.15, 0.2) is 5.17 Å². The van der Waals surface area contributed by atoms with Gasteiger partial charge in [0.2, 0.25) is 0 Å². The van der Waals surface area contributed by atoms with Crippen LogP contribution in [0.5, 0.6) is 0 Å². The summed E-state index contributed by atoms with van der Waals surface area (Å²) in [6.07, 6.45) is 1.12. The van der Waals surface area contributed by atoms with E-state index in [1.54, 1.807) is 24.3 Å². The van der Waals surface area contributed by atoms with Gasteiger partial charge < -0.3 is 4.74 Å². The predicted octanol–water partition coefficient (Wildman–Crippen LogP) is 3.65. The summed E-state index contributed by atoms with van der Waals surface area (Å²) in [5, 5.41) is 0.397. The van der Waals surface area contributed by atoms with Crippen molar-refractivity contribution in [3.63, 3.8) is 0 Å². The monoisotopic (exact) mass is 402 g/mol. The highest BCUT2D eigenvalue weighted by Crippen LogP contribution is 2.32. The Morgan fingerprint density at radius 3 is 2.21 bits per heavy atom. The van der Waals surface area contributed by atoms with Gasteiger partial charge >= 0.3 is 5.97 Å². The average molecular weight is 402 g/mol. The van der Waals surface area contributed by atoms with Crippen molar-refractivity contribution in [2.45, 2.75) is 13.1 Å². The van der Waals surface area contributed by atoms with Crippen molar-refractivity contribution in [1.29, 1.82) is 0 Å². The molecule has 144 valence electrons. The molecule has 2 aromatic rings. The fourth-order valence-electron chi connectivity index (χ4n) is 2.45. The Bertz CT molecular complexity index is 941. The second kappa shape index (κ2) is 8.79. The van der Waals surface area contributed by atoms with Crippen molar-refractivity contribution in [1.82, 2.24) is 4.90 Å².